The van der Waals surface area contributed by atoms with Crippen LogP contribution < -0.4 is 5.32 Å². The lowest BCUT2D eigenvalue weighted by Gasteiger charge is -2.14. The maximum atomic E-state index is 6.02. The summed E-state index contributed by atoms with van der Waals surface area (Å²) in [6, 6.07) is 5.88. The van der Waals surface area contributed by atoms with E-state index in [1.165, 1.54) is 0 Å². The molecule has 0 saturated carbocycles. The van der Waals surface area contributed by atoms with Gasteiger partial charge in [0.2, 0.25) is 0 Å². The van der Waals surface area contributed by atoms with Gasteiger partial charge in [-0.05, 0) is 31.2 Å². The summed E-state index contributed by atoms with van der Waals surface area (Å²) in [5, 5.41) is 4.43. The fraction of sp³-hybridized carbons (Fsp3) is 0.308. The van der Waals surface area contributed by atoms with E-state index in [4.69, 9.17) is 23.2 Å². The maximum Gasteiger partial charge on any atom is 0.0947 e. The van der Waals surface area contributed by atoms with E-state index in [0.717, 1.165) is 17.7 Å². The molecular weight excluding hydrogens is 269 g/mol. The smallest absolute Gasteiger partial charge is 0.0947 e. The highest BCUT2D eigenvalue weighted by atomic mass is 35.5. The first-order valence-electron chi connectivity index (χ1n) is 5.69. The van der Waals surface area contributed by atoms with Crippen molar-refractivity contribution in [1.82, 2.24) is 14.9 Å². The molecule has 1 N–H and O–H groups in total. The van der Waals surface area contributed by atoms with Gasteiger partial charge in [-0.15, -0.1) is 0 Å². The number of imidazole rings is 1. The molecule has 0 aliphatic rings. The van der Waals surface area contributed by atoms with Crippen molar-refractivity contribution in [3.8, 4) is 0 Å². The number of nitrogens with zero attached hydrogens (tertiary/aromatic N) is 2. The average molecular weight is 284 g/mol. The summed E-state index contributed by atoms with van der Waals surface area (Å²) in [6.07, 6.45) is 4.64. The Hall–Kier alpha value is -1.03. The lowest BCUT2D eigenvalue weighted by molar-refractivity contribution is 0.578. The highest BCUT2D eigenvalue weighted by Gasteiger charge is 2.13. The standard InChI is InChI=1S/C13H15Cl2N3/c1-16-12(13-7-18(2)8-17-13)6-9-3-4-10(14)11(15)5-9/h3-5,7-8,12,16H,6H2,1-2H3. The molecule has 3 nitrogen and oxygen atoms in total. The molecule has 2 aromatic rings. The molecular formula is C13H15Cl2N3. The third-order valence-electron chi connectivity index (χ3n) is 2.85. The molecule has 0 bridgehead atoms. The van der Waals surface area contributed by atoms with Crippen LogP contribution in [-0.2, 0) is 13.5 Å². The summed E-state index contributed by atoms with van der Waals surface area (Å²) in [5.41, 5.74) is 2.15. The van der Waals surface area contributed by atoms with Gasteiger partial charge in [-0.3, -0.25) is 0 Å². The van der Waals surface area contributed by atoms with Crippen molar-refractivity contribution in [2.75, 3.05) is 7.05 Å². The van der Waals surface area contributed by atoms with Gasteiger partial charge in [0.1, 0.15) is 0 Å². The molecule has 1 unspecified atom stereocenters. The van der Waals surface area contributed by atoms with Crippen LogP contribution in [-0.4, -0.2) is 16.6 Å². The van der Waals surface area contributed by atoms with Gasteiger partial charge in [0, 0.05) is 13.2 Å². The Morgan fingerprint density at radius 3 is 2.67 bits per heavy atom. The van der Waals surface area contributed by atoms with Crippen LogP contribution in [0.25, 0.3) is 0 Å². The van der Waals surface area contributed by atoms with Crippen molar-refractivity contribution in [1.29, 1.82) is 0 Å². The van der Waals surface area contributed by atoms with E-state index >= 15 is 0 Å². The zero-order chi connectivity index (χ0) is 13.1. The largest absolute Gasteiger partial charge is 0.340 e. The minimum atomic E-state index is 0.170. The van der Waals surface area contributed by atoms with E-state index in [2.05, 4.69) is 10.3 Å². The molecule has 96 valence electrons. The predicted octanol–water partition coefficient (Wildman–Crippen LogP) is 3.23. The summed E-state index contributed by atoms with van der Waals surface area (Å²) < 4.78 is 1.94. The Morgan fingerprint density at radius 2 is 2.11 bits per heavy atom. The van der Waals surface area contributed by atoms with Crippen LogP contribution in [0, 0.1) is 0 Å². The van der Waals surface area contributed by atoms with Gasteiger partial charge in [0.05, 0.1) is 28.1 Å². The lowest BCUT2D eigenvalue weighted by atomic mass is 10.0. The summed E-state index contributed by atoms with van der Waals surface area (Å²) in [6.45, 7) is 0. The minimum absolute atomic E-state index is 0.170. The molecule has 1 aromatic heterocycles. The number of aryl methyl sites for hydroxylation is 1. The van der Waals surface area contributed by atoms with Crippen molar-refractivity contribution in [3.63, 3.8) is 0 Å². The summed E-state index contributed by atoms with van der Waals surface area (Å²) in [7, 11) is 3.89. The van der Waals surface area contributed by atoms with Crippen LogP contribution in [0.2, 0.25) is 10.0 Å². The zero-order valence-electron chi connectivity index (χ0n) is 10.3. The fourth-order valence-electron chi connectivity index (χ4n) is 1.87. The Balaban J connectivity index is 2.17. The maximum absolute atomic E-state index is 6.02. The van der Waals surface area contributed by atoms with Crippen molar-refractivity contribution in [3.05, 3.63) is 52.0 Å². The minimum Gasteiger partial charge on any atom is -0.340 e. The van der Waals surface area contributed by atoms with E-state index in [0.29, 0.717) is 10.0 Å². The SMILES string of the molecule is CNC(Cc1ccc(Cl)c(Cl)c1)c1cn(C)cn1. The van der Waals surface area contributed by atoms with Crippen molar-refractivity contribution < 1.29 is 0 Å². The second-order valence-electron chi connectivity index (χ2n) is 4.26. The van der Waals surface area contributed by atoms with E-state index in [1.54, 1.807) is 6.33 Å². The first kappa shape index (κ1) is 13.4. The van der Waals surface area contributed by atoms with E-state index in [-0.39, 0.29) is 6.04 Å². The summed E-state index contributed by atoms with van der Waals surface area (Å²) >= 11 is 11.9. The molecule has 0 fully saturated rings. The van der Waals surface area contributed by atoms with Crippen LogP contribution in [0.4, 0.5) is 0 Å². The number of hydrogen-bond acceptors (Lipinski definition) is 2. The number of rotatable bonds is 4. The summed E-state index contributed by atoms with van der Waals surface area (Å²) in [5.74, 6) is 0. The van der Waals surface area contributed by atoms with Gasteiger partial charge in [-0.1, -0.05) is 29.3 Å². The van der Waals surface area contributed by atoms with Gasteiger partial charge in [-0.2, -0.15) is 0 Å². The Morgan fingerprint density at radius 1 is 1.33 bits per heavy atom. The molecule has 1 aromatic carbocycles. The molecule has 0 amide bonds. The molecule has 0 aliphatic heterocycles. The van der Waals surface area contributed by atoms with Crippen LogP contribution in [0.15, 0.2) is 30.7 Å². The number of likely N-dealkylation sites (N-methyl/N-ethyl adjacent to an activating group) is 1. The van der Waals surface area contributed by atoms with Gasteiger partial charge in [-0.25, -0.2) is 4.98 Å². The number of hydrogen-bond donors (Lipinski definition) is 1. The number of benzene rings is 1. The van der Waals surface area contributed by atoms with Crippen molar-refractivity contribution in [2.45, 2.75) is 12.5 Å². The predicted molar refractivity (Wildman–Crippen MR) is 75.2 cm³/mol. The van der Waals surface area contributed by atoms with Crippen LogP contribution in [0.1, 0.15) is 17.3 Å². The van der Waals surface area contributed by atoms with Gasteiger partial charge in [0.25, 0.3) is 0 Å². The van der Waals surface area contributed by atoms with E-state index in [9.17, 15) is 0 Å². The quantitative estimate of drug-likeness (QED) is 0.934. The number of nitrogens with one attached hydrogen (secondary N) is 1. The molecule has 0 spiro atoms. The number of aromatic nitrogens is 2. The molecule has 0 radical (unpaired) electrons. The first-order chi connectivity index (χ1) is 8.60. The molecule has 0 aliphatic carbocycles. The summed E-state index contributed by atoms with van der Waals surface area (Å²) in [4.78, 5) is 4.36. The van der Waals surface area contributed by atoms with Crippen LogP contribution >= 0.6 is 23.2 Å². The Labute approximate surface area is 117 Å². The van der Waals surface area contributed by atoms with Crippen molar-refractivity contribution >= 4 is 23.2 Å². The highest BCUT2D eigenvalue weighted by Crippen LogP contribution is 2.25. The van der Waals surface area contributed by atoms with Crippen molar-refractivity contribution in [2.24, 2.45) is 7.05 Å². The third-order valence-corrected chi connectivity index (χ3v) is 3.59. The lowest BCUT2D eigenvalue weighted by Crippen LogP contribution is -2.19. The molecule has 0 saturated heterocycles. The van der Waals surface area contributed by atoms with E-state index in [1.807, 2.05) is 43.1 Å². The second kappa shape index (κ2) is 5.74. The molecule has 18 heavy (non-hydrogen) atoms. The highest BCUT2D eigenvalue weighted by molar-refractivity contribution is 6.42. The van der Waals surface area contributed by atoms with Gasteiger partial charge in [0.15, 0.2) is 0 Å². The van der Waals surface area contributed by atoms with E-state index < -0.39 is 0 Å². The zero-order valence-corrected chi connectivity index (χ0v) is 11.8. The van der Waals surface area contributed by atoms with Gasteiger partial charge < -0.3 is 9.88 Å². The normalized spacial score (nSPS) is 12.7. The molecule has 2 rings (SSSR count). The Bertz CT molecular complexity index is 537. The fourth-order valence-corrected chi connectivity index (χ4v) is 2.19. The van der Waals surface area contributed by atoms with Crippen LogP contribution in [0.5, 0.6) is 0 Å². The third kappa shape index (κ3) is 3.05. The Kier molecular flexibility index (Phi) is 4.27. The van der Waals surface area contributed by atoms with Crippen LogP contribution in [0.3, 0.4) is 0 Å². The molecule has 5 heteroatoms. The monoisotopic (exact) mass is 283 g/mol. The molecule has 1 atom stereocenters. The average Bonchev–Trinajstić information content (AvgIpc) is 2.77. The first-order valence-corrected chi connectivity index (χ1v) is 6.45. The van der Waals surface area contributed by atoms with Gasteiger partial charge >= 0.3 is 0 Å². The topological polar surface area (TPSA) is 29.9 Å². The molecule has 1 heterocycles. The second-order valence-corrected chi connectivity index (χ2v) is 5.07. The number of halogens is 2.